The van der Waals surface area contributed by atoms with Gasteiger partial charge in [0.1, 0.15) is 17.5 Å². The van der Waals surface area contributed by atoms with E-state index in [-0.39, 0.29) is 45.2 Å². The van der Waals surface area contributed by atoms with Gasteiger partial charge in [-0.3, -0.25) is 9.48 Å². The quantitative estimate of drug-likeness (QED) is 0.308. The number of nitrogens with zero attached hydrogens (tertiary/aromatic N) is 4. The highest BCUT2D eigenvalue weighted by Gasteiger charge is 2.28. The van der Waals surface area contributed by atoms with Crippen LogP contribution in [0, 0.1) is 5.82 Å². The number of piperidine rings is 1. The molecule has 1 N–H and O–H groups in total. The van der Waals surface area contributed by atoms with Gasteiger partial charge in [0.15, 0.2) is 11.6 Å². The number of carbonyl (C=O) groups excluding carboxylic acids is 2. The molecule has 0 unspecified atom stereocenters. The summed E-state index contributed by atoms with van der Waals surface area (Å²) in [6, 6.07) is 4.44. The first-order valence-corrected chi connectivity index (χ1v) is 13.7. The van der Waals surface area contributed by atoms with Crippen LogP contribution in [0.25, 0.3) is 11.1 Å². The lowest BCUT2D eigenvalue weighted by Gasteiger charge is -2.33. The lowest BCUT2D eigenvalue weighted by Crippen LogP contribution is -2.42. The summed E-state index contributed by atoms with van der Waals surface area (Å²) in [4.78, 5) is 30.3. The van der Waals surface area contributed by atoms with Crippen molar-refractivity contribution in [2.75, 3.05) is 18.4 Å². The summed E-state index contributed by atoms with van der Waals surface area (Å²) in [6.07, 6.45) is 5.66. The topological polar surface area (TPSA) is 98.6 Å². The van der Waals surface area contributed by atoms with Crippen LogP contribution in [0.15, 0.2) is 36.8 Å². The zero-order valence-electron chi connectivity index (χ0n) is 23.0. The number of hydrogen-bond acceptors (Lipinski definition) is 6. The summed E-state index contributed by atoms with van der Waals surface area (Å²) in [5, 5.41) is 7.33. The van der Waals surface area contributed by atoms with Gasteiger partial charge in [-0.2, -0.15) is 5.10 Å². The Balaban J connectivity index is 1.53. The molecule has 1 saturated heterocycles. The SMILES string of the molecule is CC(=O)Nc1ncc(-c2cnn(C3CCN(C(=O)OC(C)(C)C)CC3)c2)cc1O[C@H](C)c1c(Cl)ccc(F)c1Cl. The molecule has 0 radical (unpaired) electrons. The Bertz CT molecular complexity index is 1400. The first kappa shape index (κ1) is 29.6. The maximum Gasteiger partial charge on any atom is 0.410 e. The number of amides is 2. The summed E-state index contributed by atoms with van der Waals surface area (Å²) >= 11 is 12.5. The third kappa shape index (κ3) is 7.03. The maximum atomic E-state index is 14.1. The van der Waals surface area contributed by atoms with Gasteiger partial charge < -0.3 is 19.7 Å². The van der Waals surface area contributed by atoms with Gasteiger partial charge >= 0.3 is 6.09 Å². The molecular weight excluding hydrogens is 560 g/mol. The second-order valence-electron chi connectivity index (χ2n) is 10.7. The van der Waals surface area contributed by atoms with Crippen LogP contribution in [0.1, 0.15) is 65.2 Å². The number of nitrogens with one attached hydrogen (secondary N) is 1. The Morgan fingerprint density at radius 1 is 1.15 bits per heavy atom. The van der Waals surface area contributed by atoms with E-state index in [1.54, 1.807) is 30.3 Å². The van der Waals surface area contributed by atoms with Crippen LogP contribution in [-0.4, -0.2) is 50.4 Å². The molecule has 12 heteroatoms. The van der Waals surface area contributed by atoms with Crippen LogP contribution < -0.4 is 10.1 Å². The fourth-order valence-corrected chi connectivity index (χ4v) is 5.12. The number of aromatic nitrogens is 3. The molecule has 1 fully saturated rings. The molecule has 1 aliphatic rings. The van der Waals surface area contributed by atoms with E-state index in [2.05, 4.69) is 15.4 Å². The average Bonchev–Trinajstić information content (AvgIpc) is 3.37. The van der Waals surface area contributed by atoms with Gasteiger partial charge in [-0.1, -0.05) is 23.2 Å². The van der Waals surface area contributed by atoms with Gasteiger partial charge in [0, 0.05) is 54.1 Å². The van der Waals surface area contributed by atoms with Crippen molar-refractivity contribution in [1.29, 1.82) is 0 Å². The average molecular weight is 592 g/mol. The summed E-state index contributed by atoms with van der Waals surface area (Å²) in [6.45, 7) is 9.74. The van der Waals surface area contributed by atoms with E-state index in [4.69, 9.17) is 32.7 Å². The van der Waals surface area contributed by atoms with Crippen LogP contribution in [0.3, 0.4) is 0 Å². The molecule has 40 heavy (non-hydrogen) atoms. The van der Waals surface area contributed by atoms with Crippen molar-refractivity contribution >= 4 is 41.0 Å². The molecule has 1 aliphatic heterocycles. The van der Waals surface area contributed by atoms with Crippen molar-refractivity contribution in [1.82, 2.24) is 19.7 Å². The molecule has 214 valence electrons. The summed E-state index contributed by atoms with van der Waals surface area (Å²) in [5.41, 5.74) is 1.24. The Morgan fingerprint density at radius 3 is 2.50 bits per heavy atom. The molecular formula is C28H32Cl2FN5O4. The van der Waals surface area contributed by atoms with E-state index in [1.807, 2.05) is 31.6 Å². The van der Waals surface area contributed by atoms with E-state index in [1.165, 1.54) is 19.1 Å². The molecule has 0 bridgehead atoms. The fourth-order valence-electron chi connectivity index (χ4n) is 4.44. The van der Waals surface area contributed by atoms with Crippen molar-refractivity contribution in [3.63, 3.8) is 0 Å². The molecule has 2 aromatic heterocycles. The smallest absolute Gasteiger partial charge is 0.410 e. The molecule has 0 saturated carbocycles. The van der Waals surface area contributed by atoms with Gasteiger partial charge in [-0.25, -0.2) is 14.2 Å². The van der Waals surface area contributed by atoms with E-state index in [0.29, 0.717) is 18.7 Å². The predicted octanol–water partition coefficient (Wildman–Crippen LogP) is 7.06. The van der Waals surface area contributed by atoms with Crippen molar-refractivity contribution in [2.24, 2.45) is 0 Å². The van der Waals surface area contributed by atoms with Crippen LogP contribution in [0.4, 0.5) is 15.0 Å². The molecule has 0 spiro atoms. The highest BCUT2D eigenvalue weighted by molar-refractivity contribution is 6.36. The lowest BCUT2D eigenvalue weighted by atomic mass is 10.1. The van der Waals surface area contributed by atoms with Crippen molar-refractivity contribution in [3.05, 3.63) is 58.2 Å². The van der Waals surface area contributed by atoms with Gasteiger partial charge in [-0.05, 0) is 58.7 Å². The Labute approximate surface area is 242 Å². The minimum atomic E-state index is -0.752. The molecule has 9 nitrogen and oxygen atoms in total. The first-order chi connectivity index (χ1) is 18.8. The number of hydrogen-bond donors (Lipinski definition) is 1. The van der Waals surface area contributed by atoms with Crippen molar-refractivity contribution in [3.8, 4) is 16.9 Å². The fraction of sp³-hybridized carbons (Fsp3) is 0.429. The largest absolute Gasteiger partial charge is 0.482 e. The second kappa shape index (κ2) is 12.0. The van der Waals surface area contributed by atoms with Crippen molar-refractivity contribution in [2.45, 2.75) is 65.2 Å². The molecule has 0 aliphatic carbocycles. The van der Waals surface area contributed by atoms with Gasteiger partial charge in [-0.15, -0.1) is 0 Å². The number of pyridine rings is 1. The zero-order chi connectivity index (χ0) is 29.2. The number of rotatable bonds is 6. The number of ether oxygens (including phenoxy) is 2. The molecule has 4 rings (SSSR count). The highest BCUT2D eigenvalue weighted by atomic mass is 35.5. The van der Waals surface area contributed by atoms with Crippen molar-refractivity contribution < 1.29 is 23.5 Å². The van der Waals surface area contributed by atoms with E-state index >= 15 is 0 Å². The van der Waals surface area contributed by atoms with Crippen LogP contribution in [-0.2, 0) is 9.53 Å². The third-order valence-electron chi connectivity index (χ3n) is 6.36. The molecule has 3 heterocycles. The minimum Gasteiger partial charge on any atom is -0.482 e. The standard InChI is InChI=1S/C28H32Cl2FN5O4/c1-16(24-21(29)6-7-22(31)25(24)30)39-23-12-18(13-32-26(23)34-17(2)37)19-14-33-36(15-19)20-8-10-35(11-9-20)27(38)40-28(3,4)5/h6-7,12-16,20H,8-11H2,1-5H3,(H,32,34,37)/t16-/m1/s1. The monoisotopic (exact) mass is 591 g/mol. The van der Waals surface area contributed by atoms with E-state index in [9.17, 15) is 14.0 Å². The number of carbonyl (C=O) groups is 2. The van der Waals surface area contributed by atoms with Crippen LogP contribution in [0.2, 0.25) is 10.0 Å². The second-order valence-corrected chi connectivity index (χ2v) is 11.5. The molecule has 1 atom stereocenters. The van der Waals surface area contributed by atoms with E-state index < -0.39 is 17.5 Å². The van der Waals surface area contributed by atoms with E-state index in [0.717, 1.165) is 18.4 Å². The minimum absolute atomic E-state index is 0.118. The summed E-state index contributed by atoms with van der Waals surface area (Å²) in [5.74, 6) is -0.483. The van der Waals surface area contributed by atoms with Gasteiger partial charge in [0.25, 0.3) is 0 Å². The molecule has 3 aromatic rings. The summed E-state index contributed by atoms with van der Waals surface area (Å²) < 4.78 is 27.6. The molecule has 1 aromatic carbocycles. The number of anilines is 1. The lowest BCUT2D eigenvalue weighted by molar-refractivity contribution is -0.114. The predicted molar refractivity (Wildman–Crippen MR) is 151 cm³/mol. The normalized spacial score (nSPS) is 15.1. The number of halogens is 3. The zero-order valence-corrected chi connectivity index (χ0v) is 24.5. The molecule has 2 amide bonds. The van der Waals surface area contributed by atoms with Crippen LogP contribution in [0.5, 0.6) is 5.75 Å². The Hall–Kier alpha value is -3.37. The first-order valence-electron chi connectivity index (χ1n) is 12.9. The van der Waals surface area contributed by atoms with Gasteiger partial charge in [0.05, 0.1) is 17.3 Å². The Kier molecular flexibility index (Phi) is 8.90. The van der Waals surface area contributed by atoms with Crippen LogP contribution >= 0.6 is 23.2 Å². The maximum absolute atomic E-state index is 14.1. The number of likely N-dealkylation sites (tertiary alicyclic amines) is 1. The van der Waals surface area contributed by atoms with Gasteiger partial charge in [0.2, 0.25) is 5.91 Å². The third-order valence-corrected chi connectivity index (χ3v) is 7.08. The Morgan fingerprint density at radius 2 is 1.85 bits per heavy atom. The summed E-state index contributed by atoms with van der Waals surface area (Å²) in [7, 11) is 0. The highest BCUT2D eigenvalue weighted by Crippen LogP contribution is 2.38. The number of benzene rings is 1.